The molecule has 104 valence electrons. The molecule has 0 aromatic heterocycles. The molecule has 0 heterocycles. The van der Waals surface area contributed by atoms with E-state index in [-0.39, 0.29) is 17.2 Å². The number of aliphatic hydroxyl groups is 1. The Balaban J connectivity index is 2.89. The highest BCUT2D eigenvalue weighted by Gasteiger charge is 2.35. The molecule has 1 amide bonds. The molecular weight excluding hydrogens is 226 g/mol. The first-order valence-corrected chi connectivity index (χ1v) is 6.79. The SMILES string of the molecule is C/C(NC(=O)C(C)(C)C)=C1/CCC[C@](C)(O)[C@@H]1C. The minimum Gasteiger partial charge on any atom is -0.390 e. The first-order chi connectivity index (χ1) is 8.05. The molecule has 0 bridgehead atoms. The van der Waals surface area contributed by atoms with Gasteiger partial charge in [0.25, 0.3) is 0 Å². The maximum absolute atomic E-state index is 12.0. The molecule has 3 heteroatoms. The van der Waals surface area contributed by atoms with Gasteiger partial charge >= 0.3 is 0 Å². The zero-order chi connectivity index (χ0) is 14.1. The number of rotatable bonds is 1. The van der Waals surface area contributed by atoms with Gasteiger partial charge in [-0.1, -0.05) is 27.7 Å². The molecule has 1 saturated carbocycles. The Morgan fingerprint density at radius 1 is 1.44 bits per heavy atom. The summed E-state index contributed by atoms with van der Waals surface area (Å²) in [7, 11) is 0. The van der Waals surface area contributed by atoms with Gasteiger partial charge in [-0.3, -0.25) is 4.79 Å². The lowest BCUT2D eigenvalue weighted by molar-refractivity contribution is -0.127. The third kappa shape index (κ3) is 3.35. The van der Waals surface area contributed by atoms with Crippen LogP contribution in [-0.4, -0.2) is 16.6 Å². The van der Waals surface area contributed by atoms with Crippen molar-refractivity contribution in [3.8, 4) is 0 Å². The van der Waals surface area contributed by atoms with E-state index in [9.17, 15) is 9.90 Å². The molecule has 1 fully saturated rings. The van der Waals surface area contributed by atoms with Crippen molar-refractivity contribution in [1.82, 2.24) is 5.32 Å². The molecular formula is C15H27NO2. The molecule has 0 unspecified atom stereocenters. The number of carbonyl (C=O) groups is 1. The van der Waals surface area contributed by atoms with Gasteiger partial charge in [0.15, 0.2) is 0 Å². The number of carbonyl (C=O) groups excluding carboxylic acids is 1. The summed E-state index contributed by atoms with van der Waals surface area (Å²) in [4.78, 5) is 12.0. The molecule has 1 rings (SSSR count). The van der Waals surface area contributed by atoms with Gasteiger partial charge in [-0.2, -0.15) is 0 Å². The fourth-order valence-electron chi connectivity index (χ4n) is 2.40. The van der Waals surface area contributed by atoms with Crippen molar-refractivity contribution >= 4 is 5.91 Å². The summed E-state index contributed by atoms with van der Waals surface area (Å²) in [5.74, 6) is 0.136. The monoisotopic (exact) mass is 253 g/mol. The topological polar surface area (TPSA) is 49.3 Å². The maximum Gasteiger partial charge on any atom is 0.229 e. The second-order valence-corrected chi connectivity index (χ2v) is 6.79. The molecule has 0 radical (unpaired) electrons. The van der Waals surface area contributed by atoms with Crippen LogP contribution in [0.5, 0.6) is 0 Å². The largest absolute Gasteiger partial charge is 0.390 e. The predicted molar refractivity (Wildman–Crippen MR) is 73.9 cm³/mol. The van der Waals surface area contributed by atoms with E-state index in [4.69, 9.17) is 0 Å². The number of nitrogens with one attached hydrogen (secondary N) is 1. The highest BCUT2D eigenvalue weighted by Crippen LogP contribution is 2.38. The summed E-state index contributed by atoms with van der Waals surface area (Å²) in [6, 6.07) is 0. The third-order valence-electron chi connectivity index (χ3n) is 4.05. The van der Waals surface area contributed by atoms with Crippen LogP contribution in [0.15, 0.2) is 11.3 Å². The van der Waals surface area contributed by atoms with Crippen LogP contribution in [0.2, 0.25) is 0 Å². The first-order valence-electron chi connectivity index (χ1n) is 6.79. The Bertz CT molecular complexity index is 361. The molecule has 2 atom stereocenters. The van der Waals surface area contributed by atoms with Gasteiger partial charge in [-0.05, 0) is 38.7 Å². The van der Waals surface area contributed by atoms with Crippen LogP contribution in [0.3, 0.4) is 0 Å². The second-order valence-electron chi connectivity index (χ2n) is 6.79. The quantitative estimate of drug-likeness (QED) is 0.754. The van der Waals surface area contributed by atoms with Crippen LogP contribution >= 0.6 is 0 Å². The van der Waals surface area contributed by atoms with Gasteiger partial charge < -0.3 is 10.4 Å². The zero-order valence-electron chi connectivity index (χ0n) is 12.6. The van der Waals surface area contributed by atoms with Crippen LogP contribution in [0, 0.1) is 11.3 Å². The molecule has 3 nitrogen and oxygen atoms in total. The normalized spacial score (nSPS) is 32.1. The van der Waals surface area contributed by atoms with Crippen LogP contribution in [0.1, 0.15) is 60.8 Å². The molecule has 0 saturated heterocycles. The summed E-state index contributed by atoms with van der Waals surface area (Å²) < 4.78 is 0. The summed E-state index contributed by atoms with van der Waals surface area (Å²) in [5, 5.41) is 13.3. The Labute approximate surface area is 111 Å². The van der Waals surface area contributed by atoms with E-state index in [1.807, 2.05) is 41.5 Å². The Morgan fingerprint density at radius 3 is 2.50 bits per heavy atom. The fraction of sp³-hybridized carbons (Fsp3) is 0.800. The Kier molecular flexibility index (Phi) is 4.26. The molecule has 2 N–H and O–H groups in total. The van der Waals surface area contributed by atoms with Gasteiger partial charge in [0, 0.05) is 17.0 Å². The van der Waals surface area contributed by atoms with Crippen LogP contribution in [0.4, 0.5) is 0 Å². The maximum atomic E-state index is 12.0. The number of hydrogen-bond donors (Lipinski definition) is 2. The standard InChI is InChI=1S/C15H27NO2/c1-10-12(8-7-9-15(10,6)18)11(2)16-13(17)14(3,4)5/h10,18H,7-9H2,1-6H3,(H,16,17)/b12-11+/t10-,15+/m1/s1. The molecule has 1 aliphatic rings. The highest BCUT2D eigenvalue weighted by atomic mass is 16.3. The van der Waals surface area contributed by atoms with Crippen molar-refractivity contribution in [2.24, 2.45) is 11.3 Å². The van der Waals surface area contributed by atoms with Crippen molar-refractivity contribution in [2.45, 2.75) is 66.4 Å². The molecule has 18 heavy (non-hydrogen) atoms. The number of amides is 1. The van der Waals surface area contributed by atoms with E-state index >= 15 is 0 Å². The van der Waals surface area contributed by atoms with Gasteiger partial charge in [-0.15, -0.1) is 0 Å². The van der Waals surface area contributed by atoms with Crippen molar-refractivity contribution < 1.29 is 9.90 Å². The average molecular weight is 253 g/mol. The Morgan fingerprint density at radius 2 is 2.00 bits per heavy atom. The molecule has 0 spiro atoms. The van der Waals surface area contributed by atoms with Crippen molar-refractivity contribution in [3.05, 3.63) is 11.3 Å². The lowest BCUT2D eigenvalue weighted by Gasteiger charge is -2.38. The zero-order valence-corrected chi connectivity index (χ0v) is 12.6. The first kappa shape index (κ1) is 15.2. The van der Waals surface area contributed by atoms with Crippen molar-refractivity contribution in [2.75, 3.05) is 0 Å². The third-order valence-corrected chi connectivity index (χ3v) is 4.05. The lowest BCUT2D eigenvalue weighted by atomic mass is 9.73. The van der Waals surface area contributed by atoms with Crippen molar-refractivity contribution in [3.63, 3.8) is 0 Å². The van der Waals surface area contributed by atoms with E-state index in [0.29, 0.717) is 0 Å². The highest BCUT2D eigenvalue weighted by molar-refractivity contribution is 5.82. The molecule has 0 aromatic carbocycles. The van der Waals surface area contributed by atoms with Gasteiger partial charge in [0.1, 0.15) is 0 Å². The molecule has 1 aliphatic carbocycles. The minimum absolute atomic E-state index is 0.0323. The summed E-state index contributed by atoms with van der Waals surface area (Å²) in [6.07, 6.45) is 2.78. The minimum atomic E-state index is -0.651. The average Bonchev–Trinajstić information content (AvgIpc) is 2.20. The van der Waals surface area contributed by atoms with E-state index in [0.717, 1.165) is 25.0 Å². The van der Waals surface area contributed by atoms with E-state index < -0.39 is 5.60 Å². The second kappa shape index (κ2) is 5.04. The summed E-state index contributed by atoms with van der Waals surface area (Å²) >= 11 is 0. The van der Waals surface area contributed by atoms with Gasteiger partial charge in [0.2, 0.25) is 5.91 Å². The van der Waals surface area contributed by atoms with E-state index in [1.165, 1.54) is 5.57 Å². The Hall–Kier alpha value is -0.830. The molecule has 0 aliphatic heterocycles. The van der Waals surface area contributed by atoms with Crippen LogP contribution < -0.4 is 5.32 Å². The molecule has 0 aromatic rings. The van der Waals surface area contributed by atoms with Crippen LogP contribution in [0.25, 0.3) is 0 Å². The van der Waals surface area contributed by atoms with Crippen molar-refractivity contribution in [1.29, 1.82) is 0 Å². The van der Waals surface area contributed by atoms with Gasteiger partial charge in [-0.25, -0.2) is 0 Å². The lowest BCUT2D eigenvalue weighted by Crippen LogP contribution is -2.40. The van der Waals surface area contributed by atoms with Gasteiger partial charge in [0.05, 0.1) is 5.60 Å². The fourth-order valence-corrected chi connectivity index (χ4v) is 2.40. The predicted octanol–water partition coefficient (Wildman–Crippen LogP) is 2.99. The van der Waals surface area contributed by atoms with E-state index in [1.54, 1.807) is 0 Å². The number of hydrogen-bond acceptors (Lipinski definition) is 2. The number of allylic oxidation sites excluding steroid dienone is 1. The summed E-state index contributed by atoms with van der Waals surface area (Å²) in [6.45, 7) is 11.6. The van der Waals surface area contributed by atoms with E-state index in [2.05, 4.69) is 5.32 Å². The smallest absolute Gasteiger partial charge is 0.229 e. The van der Waals surface area contributed by atoms with Crippen LogP contribution in [-0.2, 0) is 4.79 Å². The summed E-state index contributed by atoms with van der Waals surface area (Å²) in [5.41, 5.74) is 1.06.